The Morgan fingerprint density at radius 3 is 1.25 bits per heavy atom. The molecule has 0 aromatic heterocycles. The minimum atomic E-state index is -0.0290. The summed E-state index contributed by atoms with van der Waals surface area (Å²) in [7, 11) is 0. The van der Waals surface area contributed by atoms with Crippen LogP contribution in [0.1, 0.15) is 45.2 Å². The first-order valence-electron chi connectivity index (χ1n) is 9.67. The van der Waals surface area contributed by atoms with Gasteiger partial charge in [-0.15, -0.1) is 0 Å². The number of rotatable bonds is 6. The topological polar surface area (TPSA) is 58.9 Å². The first-order valence-corrected chi connectivity index (χ1v) is 9.67. The third kappa shape index (κ3) is 2.45. The minimum Gasteiger partial charge on any atom is -0.491 e. The van der Waals surface area contributed by atoms with Crippen molar-refractivity contribution in [3.05, 3.63) is 94.0 Å². The van der Waals surface area contributed by atoms with Crippen LogP contribution < -0.4 is 9.47 Å². The van der Waals surface area contributed by atoms with Gasteiger partial charge in [0.1, 0.15) is 24.7 Å². The molecule has 0 saturated heterocycles. The van der Waals surface area contributed by atoms with Gasteiger partial charge in [0.05, 0.1) is 13.2 Å². The molecule has 2 N–H and O–H groups in total. The molecule has 0 fully saturated rings. The molecule has 4 nitrogen and oxygen atoms in total. The molecular formula is C24H22O4. The largest absolute Gasteiger partial charge is 0.491 e. The molecule has 28 heavy (non-hydrogen) atoms. The van der Waals surface area contributed by atoms with Crippen molar-refractivity contribution in [3.8, 4) is 11.5 Å². The molecule has 3 aliphatic carbocycles. The summed E-state index contributed by atoms with van der Waals surface area (Å²) in [6, 6.07) is 21.0. The van der Waals surface area contributed by atoms with Crippen LogP contribution in [0.15, 0.2) is 60.7 Å². The van der Waals surface area contributed by atoms with Crippen molar-refractivity contribution in [2.24, 2.45) is 0 Å². The van der Waals surface area contributed by atoms with Crippen molar-refractivity contribution in [2.45, 2.75) is 11.8 Å². The Morgan fingerprint density at radius 2 is 0.929 bits per heavy atom. The SMILES string of the molecule is OCCOc1ccc(OCCO)c2c1C1c3ccccc3C2c2ccccc21. The minimum absolute atomic E-state index is 0.0290. The maximum atomic E-state index is 9.27. The van der Waals surface area contributed by atoms with E-state index in [1.165, 1.54) is 22.3 Å². The zero-order valence-corrected chi connectivity index (χ0v) is 15.5. The van der Waals surface area contributed by atoms with Crippen LogP contribution in [-0.2, 0) is 0 Å². The van der Waals surface area contributed by atoms with E-state index in [-0.39, 0.29) is 38.3 Å². The Labute approximate surface area is 164 Å². The summed E-state index contributed by atoms with van der Waals surface area (Å²) in [4.78, 5) is 0. The number of benzene rings is 3. The Bertz CT molecular complexity index is 898. The fourth-order valence-electron chi connectivity index (χ4n) is 4.79. The lowest BCUT2D eigenvalue weighted by Crippen LogP contribution is -2.29. The maximum absolute atomic E-state index is 9.27. The Morgan fingerprint density at radius 1 is 0.571 bits per heavy atom. The van der Waals surface area contributed by atoms with Crippen LogP contribution in [0.5, 0.6) is 11.5 Å². The first-order chi connectivity index (χ1) is 13.8. The van der Waals surface area contributed by atoms with E-state index in [0.29, 0.717) is 0 Å². The molecule has 6 rings (SSSR count). The van der Waals surface area contributed by atoms with Crippen molar-refractivity contribution in [3.63, 3.8) is 0 Å². The summed E-state index contributed by atoms with van der Waals surface area (Å²) in [5.74, 6) is 1.72. The Hall–Kier alpha value is -2.82. The van der Waals surface area contributed by atoms with E-state index in [0.717, 1.165) is 22.6 Å². The van der Waals surface area contributed by atoms with Gasteiger partial charge in [0, 0.05) is 23.0 Å². The summed E-state index contributed by atoms with van der Waals surface area (Å²) in [5.41, 5.74) is 7.43. The van der Waals surface area contributed by atoms with Crippen LogP contribution in [0.3, 0.4) is 0 Å². The highest BCUT2D eigenvalue weighted by Crippen LogP contribution is 2.59. The summed E-state index contributed by atoms with van der Waals surface area (Å²) in [5, 5.41) is 18.5. The van der Waals surface area contributed by atoms with E-state index in [9.17, 15) is 10.2 Å². The van der Waals surface area contributed by atoms with E-state index in [1.807, 2.05) is 12.1 Å². The van der Waals surface area contributed by atoms with Crippen LogP contribution in [-0.4, -0.2) is 36.6 Å². The van der Waals surface area contributed by atoms with Crippen molar-refractivity contribution in [2.75, 3.05) is 26.4 Å². The second-order valence-electron chi connectivity index (χ2n) is 7.16. The van der Waals surface area contributed by atoms with Crippen LogP contribution in [0, 0.1) is 0 Å². The van der Waals surface area contributed by atoms with Crippen LogP contribution in [0.4, 0.5) is 0 Å². The van der Waals surface area contributed by atoms with E-state index >= 15 is 0 Å². The number of hydrogen-bond acceptors (Lipinski definition) is 4. The molecule has 0 radical (unpaired) electrons. The fraction of sp³-hybridized carbons (Fsp3) is 0.250. The molecule has 3 aromatic carbocycles. The highest BCUT2D eigenvalue weighted by molar-refractivity contribution is 5.73. The maximum Gasteiger partial charge on any atom is 0.124 e. The van der Waals surface area contributed by atoms with Gasteiger partial charge in [-0.05, 0) is 34.4 Å². The number of ether oxygens (including phenoxy) is 2. The first kappa shape index (κ1) is 17.3. The van der Waals surface area contributed by atoms with Gasteiger partial charge in [-0.3, -0.25) is 0 Å². The van der Waals surface area contributed by atoms with Gasteiger partial charge in [-0.1, -0.05) is 48.5 Å². The highest BCUT2D eigenvalue weighted by atomic mass is 16.5. The average Bonchev–Trinajstić information content (AvgIpc) is 2.76. The summed E-state index contributed by atoms with van der Waals surface area (Å²) in [6.45, 7) is 0.450. The van der Waals surface area contributed by atoms with Gasteiger partial charge in [0.15, 0.2) is 0 Å². The predicted molar refractivity (Wildman–Crippen MR) is 106 cm³/mol. The van der Waals surface area contributed by atoms with Crippen molar-refractivity contribution < 1.29 is 19.7 Å². The summed E-state index contributed by atoms with van der Waals surface area (Å²) < 4.78 is 11.9. The third-order valence-electron chi connectivity index (χ3n) is 5.72. The zero-order valence-electron chi connectivity index (χ0n) is 15.5. The van der Waals surface area contributed by atoms with Gasteiger partial charge in [0.2, 0.25) is 0 Å². The van der Waals surface area contributed by atoms with Crippen molar-refractivity contribution in [1.82, 2.24) is 0 Å². The fourth-order valence-corrected chi connectivity index (χ4v) is 4.79. The van der Waals surface area contributed by atoms with Gasteiger partial charge in [-0.25, -0.2) is 0 Å². The van der Waals surface area contributed by atoms with E-state index in [2.05, 4.69) is 48.5 Å². The molecule has 0 amide bonds. The standard InChI is InChI=1S/C24H22O4/c25-11-13-27-19-9-10-20(28-14-12-26)24-22-16-6-2-1-5-15(16)21(23(19)24)17-7-3-4-8-18(17)22/h1-10,21-22,25-26H,11-14H2. The van der Waals surface area contributed by atoms with Gasteiger partial charge >= 0.3 is 0 Å². The van der Waals surface area contributed by atoms with Gasteiger partial charge in [-0.2, -0.15) is 0 Å². The zero-order chi connectivity index (χ0) is 19.1. The lowest BCUT2D eigenvalue weighted by atomic mass is 9.60. The number of aliphatic hydroxyl groups is 2. The second-order valence-corrected chi connectivity index (χ2v) is 7.16. The van der Waals surface area contributed by atoms with Crippen LogP contribution in [0.25, 0.3) is 0 Å². The van der Waals surface area contributed by atoms with Gasteiger partial charge in [0.25, 0.3) is 0 Å². The van der Waals surface area contributed by atoms with Crippen LogP contribution in [0.2, 0.25) is 0 Å². The molecule has 0 atom stereocenters. The molecule has 2 bridgehead atoms. The highest BCUT2D eigenvalue weighted by Gasteiger charge is 2.44. The molecule has 0 spiro atoms. The molecule has 3 aliphatic rings. The van der Waals surface area contributed by atoms with Crippen molar-refractivity contribution in [1.29, 1.82) is 0 Å². The van der Waals surface area contributed by atoms with E-state index in [1.54, 1.807) is 0 Å². The molecule has 0 saturated carbocycles. The molecule has 3 aromatic rings. The van der Waals surface area contributed by atoms with E-state index < -0.39 is 0 Å². The molecule has 0 unspecified atom stereocenters. The van der Waals surface area contributed by atoms with Crippen molar-refractivity contribution >= 4 is 0 Å². The second kappa shape index (κ2) is 6.97. The Balaban J connectivity index is 1.78. The summed E-state index contributed by atoms with van der Waals surface area (Å²) in [6.07, 6.45) is 0. The quantitative estimate of drug-likeness (QED) is 0.478. The number of hydrogen-bond donors (Lipinski definition) is 2. The molecule has 142 valence electrons. The monoisotopic (exact) mass is 374 g/mol. The van der Waals surface area contributed by atoms with Gasteiger partial charge < -0.3 is 19.7 Å². The third-order valence-corrected chi connectivity index (χ3v) is 5.72. The average molecular weight is 374 g/mol. The lowest BCUT2D eigenvalue weighted by molar-refractivity contribution is 0.195. The smallest absolute Gasteiger partial charge is 0.124 e. The molecule has 0 heterocycles. The van der Waals surface area contributed by atoms with E-state index in [4.69, 9.17) is 9.47 Å². The Kier molecular flexibility index (Phi) is 4.30. The summed E-state index contributed by atoms with van der Waals surface area (Å²) >= 11 is 0. The normalized spacial score (nSPS) is 18.2. The predicted octanol–water partition coefficient (Wildman–Crippen LogP) is 3.42. The number of aliphatic hydroxyl groups excluding tert-OH is 2. The van der Waals surface area contributed by atoms with Crippen LogP contribution >= 0.6 is 0 Å². The molecule has 4 heteroatoms. The molecular weight excluding hydrogens is 352 g/mol. The lowest BCUT2D eigenvalue weighted by Gasteiger charge is -2.43. The molecule has 0 aliphatic heterocycles.